The van der Waals surface area contributed by atoms with E-state index in [0.717, 1.165) is 16.7 Å². The molecule has 1 amide bonds. The summed E-state index contributed by atoms with van der Waals surface area (Å²) < 4.78 is 32.8. The predicted octanol–water partition coefficient (Wildman–Crippen LogP) is 5.16. The molecule has 2 aliphatic heterocycles. The Labute approximate surface area is 300 Å². The molecular weight excluding hydrogens is 662 g/mol. The van der Waals surface area contributed by atoms with Crippen LogP contribution in [0.5, 0.6) is 11.5 Å². The topological polar surface area (TPSA) is 130 Å². The molecule has 12 heteroatoms. The average Bonchev–Trinajstić information content (AvgIpc) is 3.87. The van der Waals surface area contributed by atoms with Crippen molar-refractivity contribution in [3.63, 3.8) is 0 Å². The van der Waals surface area contributed by atoms with Crippen molar-refractivity contribution in [3.05, 3.63) is 144 Å². The Balaban J connectivity index is 1.14. The summed E-state index contributed by atoms with van der Waals surface area (Å²) >= 11 is 0. The fourth-order valence-corrected chi connectivity index (χ4v) is 7.19. The molecule has 2 saturated heterocycles. The van der Waals surface area contributed by atoms with Gasteiger partial charge in [-0.1, -0.05) is 72.8 Å². The van der Waals surface area contributed by atoms with Crippen LogP contribution in [0.4, 0.5) is 5.82 Å². The van der Waals surface area contributed by atoms with Crippen molar-refractivity contribution in [2.45, 2.75) is 29.6 Å². The van der Waals surface area contributed by atoms with Gasteiger partial charge in [0.2, 0.25) is 0 Å². The number of hydrogen-bond donors (Lipinski definition) is 1. The van der Waals surface area contributed by atoms with Crippen molar-refractivity contribution in [1.29, 1.82) is 0 Å². The zero-order chi connectivity index (χ0) is 35.9. The molecule has 52 heavy (non-hydrogen) atoms. The second-order valence-electron chi connectivity index (χ2n) is 12.8. The van der Waals surface area contributed by atoms with Gasteiger partial charge < -0.3 is 28.8 Å². The summed E-state index contributed by atoms with van der Waals surface area (Å²) in [6.45, 7) is 0.0713. The Kier molecular flexibility index (Phi) is 8.68. The third-order valence-electron chi connectivity index (χ3n) is 9.97. The van der Waals surface area contributed by atoms with Gasteiger partial charge in [0.15, 0.2) is 23.2 Å². The summed E-state index contributed by atoms with van der Waals surface area (Å²) in [5, 5.41) is 11.8. The van der Waals surface area contributed by atoms with E-state index in [4.69, 9.17) is 23.7 Å². The number of methoxy groups -OCH3 is 2. The Morgan fingerprint density at radius 3 is 2.08 bits per heavy atom. The summed E-state index contributed by atoms with van der Waals surface area (Å²) in [4.78, 5) is 28.2. The first-order valence-electron chi connectivity index (χ1n) is 16.9. The Morgan fingerprint density at radius 2 is 1.46 bits per heavy atom. The van der Waals surface area contributed by atoms with Gasteiger partial charge in [-0.05, 0) is 53.1 Å². The van der Waals surface area contributed by atoms with Gasteiger partial charge in [0, 0.05) is 12.6 Å². The van der Waals surface area contributed by atoms with Crippen molar-refractivity contribution in [2.24, 2.45) is 0 Å². The van der Waals surface area contributed by atoms with Crippen LogP contribution in [0.15, 0.2) is 122 Å². The number of benzene rings is 4. The monoisotopic (exact) mass is 699 g/mol. The van der Waals surface area contributed by atoms with Crippen molar-refractivity contribution in [3.8, 4) is 11.5 Å². The smallest absolute Gasteiger partial charge is 0.259 e. The molecule has 4 aromatic carbocycles. The van der Waals surface area contributed by atoms with Crippen LogP contribution in [0.2, 0.25) is 0 Å². The molecule has 4 heterocycles. The number of fused-ring (bicyclic) bond motifs is 3. The predicted molar refractivity (Wildman–Crippen MR) is 191 cm³/mol. The van der Waals surface area contributed by atoms with E-state index >= 15 is 0 Å². The number of carbonyl (C=O) groups is 1. The van der Waals surface area contributed by atoms with Gasteiger partial charge in [-0.3, -0.25) is 14.3 Å². The van der Waals surface area contributed by atoms with Gasteiger partial charge in [-0.25, -0.2) is 15.0 Å². The molecule has 2 unspecified atom stereocenters. The summed E-state index contributed by atoms with van der Waals surface area (Å²) in [5.74, 6) is 1.51. The molecule has 12 nitrogen and oxygen atoms in total. The highest BCUT2D eigenvalue weighted by Gasteiger charge is 2.63. The third kappa shape index (κ3) is 5.47. The number of amides is 1. The quantitative estimate of drug-likeness (QED) is 0.181. The van der Waals surface area contributed by atoms with Gasteiger partial charge in [0.25, 0.3) is 5.91 Å². The largest absolute Gasteiger partial charge is 0.497 e. The molecule has 0 aliphatic carbocycles. The SMILES string of the molecule is COc1ccc(C(OC[C@]23COC(C2O)[C@H](n2cnc4c(N(C)C(=O)c5ccccc5)ncnc42)O3)(c2ccccc2)c2ccc(OC)cc2)cc1. The molecule has 2 aromatic heterocycles. The first kappa shape index (κ1) is 33.5. The summed E-state index contributed by atoms with van der Waals surface area (Å²) in [7, 11) is 4.90. The zero-order valence-corrected chi connectivity index (χ0v) is 28.8. The lowest BCUT2D eigenvalue weighted by Crippen LogP contribution is -2.48. The number of aromatic nitrogens is 4. The van der Waals surface area contributed by atoms with Gasteiger partial charge in [-0.2, -0.15) is 0 Å². The van der Waals surface area contributed by atoms with Crippen molar-refractivity contribution >= 4 is 22.9 Å². The lowest BCUT2D eigenvalue weighted by Gasteiger charge is -2.39. The second-order valence-corrected chi connectivity index (χ2v) is 12.8. The molecule has 6 aromatic rings. The first-order chi connectivity index (χ1) is 25.4. The number of aliphatic hydroxyl groups is 1. The number of ether oxygens (including phenoxy) is 5. The number of hydrogen-bond acceptors (Lipinski definition) is 10. The van der Waals surface area contributed by atoms with Gasteiger partial charge in [0.1, 0.15) is 41.2 Å². The fraction of sp³-hybridized carbons (Fsp3) is 0.250. The zero-order valence-electron chi connectivity index (χ0n) is 28.8. The van der Waals surface area contributed by atoms with E-state index < -0.39 is 29.6 Å². The molecule has 8 rings (SSSR count). The molecule has 0 spiro atoms. The van der Waals surface area contributed by atoms with Crippen LogP contribution in [-0.4, -0.2) is 82.8 Å². The van der Waals surface area contributed by atoms with Crippen molar-refractivity contribution in [1.82, 2.24) is 19.5 Å². The van der Waals surface area contributed by atoms with Crippen LogP contribution in [0.1, 0.15) is 33.3 Å². The second kappa shape index (κ2) is 13.5. The highest BCUT2D eigenvalue weighted by molar-refractivity contribution is 6.08. The molecule has 264 valence electrons. The molecule has 1 N–H and O–H groups in total. The third-order valence-corrected chi connectivity index (χ3v) is 9.97. The Morgan fingerprint density at radius 1 is 0.865 bits per heavy atom. The summed E-state index contributed by atoms with van der Waals surface area (Å²) in [5.41, 5.74) is 1.55. The Hall–Kier alpha value is -5.66. The molecule has 0 radical (unpaired) electrons. The number of rotatable bonds is 11. The number of nitrogens with zero attached hydrogens (tertiary/aromatic N) is 5. The molecule has 2 bridgehead atoms. The average molecular weight is 700 g/mol. The maximum absolute atomic E-state index is 13.3. The molecule has 2 fully saturated rings. The minimum absolute atomic E-state index is 0.0324. The summed E-state index contributed by atoms with van der Waals surface area (Å²) in [6.07, 6.45) is 0.382. The minimum atomic E-state index is -1.24. The number of imidazole rings is 1. The number of aliphatic hydroxyl groups excluding tert-OH is 1. The van der Waals surface area contributed by atoms with E-state index in [-0.39, 0.29) is 19.1 Å². The van der Waals surface area contributed by atoms with Crippen molar-refractivity contribution < 1.29 is 33.6 Å². The number of carbonyl (C=O) groups excluding carboxylic acids is 1. The Bertz CT molecular complexity index is 2130. The molecule has 0 saturated carbocycles. The van der Waals surface area contributed by atoms with Crippen LogP contribution in [0, 0.1) is 0 Å². The lowest BCUT2D eigenvalue weighted by molar-refractivity contribution is -0.202. The fourth-order valence-electron chi connectivity index (χ4n) is 7.19. The summed E-state index contributed by atoms with van der Waals surface area (Å²) in [6, 6.07) is 34.4. The van der Waals surface area contributed by atoms with E-state index in [1.54, 1.807) is 56.4 Å². The first-order valence-corrected chi connectivity index (χ1v) is 16.9. The highest BCUT2D eigenvalue weighted by atomic mass is 16.7. The molecular formula is C40H37N5O7. The standard InChI is InChI=1S/C40H37N5O7/c1-44(37(47)26-10-6-4-7-11-26)35-32-36(42-24-41-35)45(25-43-32)38-33-34(46)39(52-38,22-50-33)23-51-40(27-12-8-5-9-13-27,28-14-18-30(48-2)19-15-28)29-16-20-31(49-3)21-17-29/h4-21,24-25,33-34,38,46H,22-23H2,1-3H3/t33?,34?,38-,39-/m1/s1. The van der Waals surface area contributed by atoms with E-state index in [9.17, 15) is 9.90 Å². The van der Waals surface area contributed by atoms with Crippen LogP contribution in [0.3, 0.4) is 0 Å². The molecule has 4 atom stereocenters. The van der Waals surface area contributed by atoms with Crippen molar-refractivity contribution in [2.75, 3.05) is 39.4 Å². The lowest BCUT2D eigenvalue weighted by atomic mass is 9.79. The van der Waals surface area contributed by atoms with E-state index in [1.807, 2.05) is 84.9 Å². The van der Waals surface area contributed by atoms with Crippen LogP contribution >= 0.6 is 0 Å². The van der Waals surface area contributed by atoms with Gasteiger partial charge in [-0.15, -0.1) is 0 Å². The maximum atomic E-state index is 13.3. The normalized spacial score (nSPS) is 21.0. The van der Waals surface area contributed by atoms with Crippen LogP contribution < -0.4 is 14.4 Å². The van der Waals surface area contributed by atoms with E-state index in [1.165, 1.54) is 11.2 Å². The maximum Gasteiger partial charge on any atom is 0.259 e. The van der Waals surface area contributed by atoms with Gasteiger partial charge >= 0.3 is 0 Å². The number of anilines is 1. The van der Waals surface area contributed by atoms with Gasteiger partial charge in [0.05, 0.1) is 33.8 Å². The van der Waals surface area contributed by atoms with Crippen LogP contribution in [-0.2, 0) is 19.8 Å². The minimum Gasteiger partial charge on any atom is -0.497 e. The highest BCUT2D eigenvalue weighted by Crippen LogP contribution is 2.49. The van der Waals surface area contributed by atoms with E-state index in [2.05, 4.69) is 15.0 Å². The van der Waals surface area contributed by atoms with Crippen LogP contribution in [0.25, 0.3) is 11.2 Å². The molecule has 2 aliphatic rings. The van der Waals surface area contributed by atoms with E-state index in [0.29, 0.717) is 34.0 Å².